The van der Waals surface area contributed by atoms with Crippen LogP contribution in [-0.4, -0.2) is 49.7 Å². The highest BCUT2D eigenvalue weighted by Gasteiger charge is 2.41. The average Bonchev–Trinajstić information content (AvgIpc) is 2.58. The summed E-state index contributed by atoms with van der Waals surface area (Å²) in [5.41, 5.74) is 0. The van der Waals surface area contributed by atoms with E-state index in [0.717, 1.165) is 19.6 Å². The molecule has 2 unspecified atom stereocenters. The Morgan fingerprint density at radius 3 is 2.42 bits per heavy atom. The van der Waals surface area contributed by atoms with Gasteiger partial charge in [-0.2, -0.15) is 0 Å². The van der Waals surface area contributed by atoms with Crippen LogP contribution in [0, 0.1) is 5.92 Å². The molecule has 0 bridgehead atoms. The van der Waals surface area contributed by atoms with Crippen LogP contribution in [0.15, 0.2) is 0 Å². The molecule has 2 aliphatic heterocycles. The predicted octanol–water partition coefficient (Wildman–Crippen LogP) is -0.201. The Labute approximate surface area is 135 Å². The summed E-state index contributed by atoms with van der Waals surface area (Å²) in [5, 5.41) is 0. The Hall–Kier alpha value is 0.610. The third kappa shape index (κ3) is 5.14. The topological polar surface area (TPSA) is 18.5 Å². The van der Waals surface area contributed by atoms with Gasteiger partial charge in [0.1, 0.15) is 12.6 Å². The van der Waals surface area contributed by atoms with Crippen molar-refractivity contribution in [3.8, 4) is 0 Å². The summed E-state index contributed by atoms with van der Waals surface area (Å²) in [6.07, 6.45) is 5.42. The number of ether oxygens (including phenoxy) is 2. The molecule has 2 fully saturated rings. The lowest BCUT2D eigenvalue weighted by atomic mass is 10.0. The van der Waals surface area contributed by atoms with Crippen LogP contribution in [0.2, 0.25) is 0 Å². The van der Waals surface area contributed by atoms with Gasteiger partial charge in [-0.25, -0.2) is 0 Å². The minimum atomic E-state index is -0.340. The molecule has 3 nitrogen and oxygen atoms in total. The van der Waals surface area contributed by atoms with Gasteiger partial charge in [0.15, 0.2) is 5.79 Å². The Balaban J connectivity index is 0.00000180. The first-order chi connectivity index (χ1) is 8.41. The number of halogens is 1. The number of quaternary nitrogens is 1. The van der Waals surface area contributed by atoms with Crippen LogP contribution in [0.5, 0.6) is 0 Å². The summed E-state index contributed by atoms with van der Waals surface area (Å²) in [6, 6.07) is 0. The summed E-state index contributed by atoms with van der Waals surface area (Å²) in [4.78, 5) is 0. The van der Waals surface area contributed by atoms with Crippen molar-refractivity contribution in [3.05, 3.63) is 0 Å². The molecule has 2 atom stereocenters. The lowest BCUT2D eigenvalue weighted by Gasteiger charge is -2.39. The van der Waals surface area contributed by atoms with Crippen molar-refractivity contribution in [2.45, 2.75) is 58.3 Å². The second kappa shape index (κ2) is 7.05. The Morgan fingerprint density at radius 1 is 1.21 bits per heavy atom. The largest absolute Gasteiger partial charge is 1.00 e. The fourth-order valence-corrected chi connectivity index (χ4v) is 3.58. The van der Waals surface area contributed by atoms with E-state index >= 15 is 0 Å². The van der Waals surface area contributed by atoms with E-state index < -0.39 is 0 Å². The molecule has 19 heavy (non-hydrogen) atoms. The second-order valence-corrected chi connectivity index (χ2v) is 7.09. The van der Waals surface area contributed by atoms with Crippen molar-refractivity contribution < 1.29 is 37.9 Å². The van der Waals surface area contributed by atoms with E-state index in [1.807, 2.05) is 0 Å². The molecule has 0 radical (unpaired) electrons. The van der Waals surface area contributed by atoms with Crippen LogP contribution >= 0.6 is 0 Å². The van der Waals surface area contributed by atoms with Crippen molar-refractivity contribution in [1.82, 2.24) is 0 Å². The number of piperidine rings is 1. The molecule has 114 valence electrons. The normalized spacial score (nSPS) is 34.3. The van der Waals surface area contributed by atoms with Crippen LogP contribution in [0.25, 0.3) is 0 Å². The first kappa shape index (κ1) is 17.7. The van der Waals surface area contributed by atoms with Gasteiger partial charge in [0.05, 0.1) is 26.7 Å². The van der Waals surface area contributed by atoms with Gasteiger partial charge in [-0.1, -0.05) is 13.8 Å². The number of hydrogen-bond acceptors (Lipinski definition) is 2. The van der Waals surface area contributed by atoms with Gasteiger partial charge in [-0.05, 0) is 32.1 Å². The summed E-state index contributed by atoms with van der Waals surface area (Å²) >= 11 is 0. The summed E-state index contributed by atoms with van der Waals surface area (Å²) in [7, 11) is 2.38. The van der Waals surface area contributed by atoms with Crippen molar-refractivity contribution in [3.63, 3.8) is 0 Å². The molecule has 4 heteroatoms. The summed E-state index contributed by atoms with van der Waals surface area (Å²) in [6.45, 7) is 11.1. The molecule has 0 N–H and O–H groups in total. The van der Waals surface area contributed by atoms with Gasteiger partial charge in [-0.3, -0.25) is 0 Å². The molecule has 2 rings (SSSR count). The predicted molar refractivity (Wildman–Crippen MR) is 73.3 cm³/mol. The first-order valence-corrected chi connectivity index (χ1v) is 7.56. The second-order valence-electron chi connectivity index (χ2n) is 7.09. The number of likely N-dealkylation sites (tertiary alicyclic amines) is 1. The Bertz CT molecular complexity index is 279. The molecular weight excluding hydrogens is 353 g/mol. The zero-order chi connectivity index (χ0) is 13.2. The van der Waals surface area contributed by atoms with E-state index in [1.165, 1.54) is 36.8 Å². The number of hydrogen-bond donors (Lipinski definition) is 0. The van der Waals surface area contributed by atoms with Gasteiger partial charge in [0.25, 0.3) is 0 Å². The maximum atomic E-state index is 6.19. The third-order valence-electron chi connectivity index (χ3n) is 4.31. The van der Waals surface area contributed by atoms with E-state index in [4.69, 9.17) is 9.47 Å². The van der Waals surface area contributed by atoms with Crippen molar-refractivity contribution in [1.29, 1.82) is 0 Å². The lowest BCUT2D eigenvalue weighted by Crippen LogP contribution is -3.00. The summed E-state index contributed by atoms with van der Waals surface area (Å²) < 4.78 is 13.3. The molecule has 0 aromatic heterocycles. The zero-order valence-corrected chi connectivity index (χ0v) is 15.1. The molecule has 0 amide bonds. The SMILES string of the molecule is CC(C)CC1(C)OCC(C[N+]2(C)CCCCC2)O1.[I-]. The first-order valence-electron chi connectivity index (χ1n) is 7.56. The van der Waals surface area contributed by atoms with Crippen molar-refractivity contribution in [2.75, 3.05) is 33.3 Å². The highest BCUT2D eigenvalue weighted by molar-refractivity contribution is 4.76. The van der Waals surface area contributed by atoms with E-state index in [-0.39, 0.29) is 35.9 Å². The molecule has 0 aromatic carbocycles. The van der Waals surface area contributed by atoms with Crippen LogP contribution in [0.1, 0.15) is 46.5 Å². The van der Waals surface area contributed by atoms with Gasteiger partial charge in [0.2, 0.25) is 0 Å². The smallest absolute Gasteiger partial charge is 0.166 e. The highest BCUT2D eigenvalue weighted by atomic mass is 127. The van der Waals surface area contributed by atoms with E-state index in [2.05, 4.69) is 27.8 Å². The van der Waals surface area contributed by atoms with Crippen LogP contribution in [0.4, 0.5) is 0 Å². The Morgan fingerprint density at radius 2 is 1.84 bits per heavy atom. The minimum Gasteiger partial charge on any atom is -1.00 e. The molecular formula is C15H30INO2. The maximum Gasteiger partial charge on any atom is 0.166 e. The molecule has 2 aliphatic rings. The zero-order valence-electron chi connectivity index (χ0n) is 13.0. The van der Waals surface area contributed by atoms with E-state index in [1.54, 1.807) is 0 Å². The third-order valence-corrected chi connectivity index (χ3v) is 4.31. The van der Waals surface area contributed by atoms with Crippen molar-refractivity contribution >= 4 is 0 Å². The Kier molecular flexibility index (Phi) is 6.55. The maximum absolute atomic E-state index is 6.19. The van der Waals surface area contributed by atoms with Crippen LogP contribution in [0.3, 0.4) is 0 Å². The van der Waals surface area contributed by atoms with Gasteiger partial charge in [-0.15, -0.1) is 0 Å². The molecule has 0 saturated carbocycles. The van der Waals surface area contributed by atoms with E-state index in [9.17, 15) is 0 Å². The molecule has 2 heterocycles. The number of nitrogens with zero attached hydrogens (tertiary/aromatic N) is 1. The fraction of sp³-hybridized carbons (Fsp3) is 1.00. The monoisotopic (exact) mass is 383 g/mol. The fourth-order valence-electron chi connectivity index (χ4n) is 3.58. The van der Waals surface area contributed by atoms with Gasteiger partial charge < -0.3 is 37.9 Å². The minimum absolute atomic E-state index is 0. The van der Waals surface area contributed by atoms with Crippen molar-refractivity contribution in [2.24, 2.45) is 5.92 Å². The molecule has 0 spiro atoms. The van der Waals surface area contributed by atoms with Gasteiger partial charge in [0, 0.05) is 6.42 Å². The molecule has 0 aromatic rings. The molecule has 0 aliphatic carbocycles. The molecule has 2 saturated heterocycles. The highest BCUT2D eigenvalue weighted by Crippen LogP contribution is 2.31. The summed E-state index contributed by atoms with van der Waals surface area (Å²) in [5.74, 6) is 0.279. The van der Waals surface area contributed by atoms with Gasteiger partial charge >= 0.3 is 0 Å². The lowest BCUT2D eigenvalue weighted by molar-refractivity contribution is -0.916. The quantitative estimate of drug-likeness (QED) is 0.495. The average molecular weight is 383 g/mol. The van der Waals surface area contributed by atoms with Crippen LogP contribution < -0.4 is 24.0 Å². The van der Waals surface area contributed by atoms with Crippen LogP contribution in [-0.2, 0) is 9.47 Å². The van der Waals surface area contributed by atoms with E-state index in [0.29, 0.717) is 5.92 Å². The number of rotatable bonds is 4. The number of likely N-dealkylation sites (N-methyl/N-ethyl adjacent to an activating group) is 1. The standard InChI is InChI=1S/C15H30NO2.HI/c1-13(2)10-15(3)17-12-14(18-15)11-16(4)8-6-5-7-9-16;/h13-14H,5-12H2,1-4H3;1H/q+1;/p-1.